The number of carbonyl (C=O) groups is 2. The lowest BCUT2D eigenvalue weighted by Crippen LogP contribution is -2.48. The van der Waals surface area contributed by atoms with Gasteiger partial charge in [0.05, 0.1) is 43.6 Å². The first kappa shape index (κ1) is 48.4. The first-order valence-electron chi connectivity index (χ1n) is 24.0. The predicted molar refractivity (Wildman–Crippen MR) is 244 cm³/mol. The largest absolute Gasteiger partial charge is 0.462 e. The average Bonchev–Trinajstić information content (AvgIpc) is 4.02. The van der Waals surface area contributed by atoms with Gasteiger partial charge in [0.25, 0.3) is 0 Å². The van der Waals surface area contributed by atoms with Crippen molar-refractivity contribution >= 4 is 29.1 Å². The fourth-order valence-corrected chi connectivity index (χ4v) is 12.3. The van der Waals surface area contributed by atoms with Crippen LogP contribution in [0.4, 0.5) is 0 Å². The van der Waals surface area contributed by atoms with Crippen molar-refractivity contribution in [3.8, 4) is 11.3 Å². The smallest absolute Gasteiger partial charge is 0.306 e. The number of benzene rings is 1. The van der Waals surface area contributed by atoms with E-state index in [1.165, 1.54) is 0 Å². The number of ketones is 1. The van der Waals surface area contributed by atoms with E-state index in [1.807, 2.05) is 42.1 Å². The molecule has 1 aromatic carbocycles. The number of allylic oxidation sites excluding steroid dienone is 4. The van der Waals surface area contributed by atoms with Gasteiger partial charge < -0.3 is 42.8 Å². The van der Waals surface area contributed by atoms with Crippen molar-refractivity contribution < 1.29 is 47.5 Å². The van der Waals surface area contributed by atoms with Crippen LogP contribution in [0.1, 0.15) is 85.5 Å². The van der Waals surface area contributed by atoms with Gasteiger partial charge in [0.2, 0.25) is 0 Å². The van der Waals surface area contributed by atoms with Crippen LogP contribution in [0.25, 0.3) is 17.0 Å². The van der Waals surface area contributed by atoms with E-state index in [4.69, 9.17) is 54.7 Å². The van der Waals surface area contributed by atoms with E-state index in [0.29, 0.717) is 61.0 Å². The van der Waals surface area contributed by atoms with Gasteiger partial charge in [-0.05, 0) is 108 Å². The molecule has 3 aliphatic carbocycles. The van der Waals surface area contributed by atoms with Crippen LogP contribution in [-0.4, -0.2) is 135 Å². The summed E-state index contributed by atoms with van der Waals surface area (Å²) < 4.78 is 52.7. The molecule has 3 saturated heterocycles. The van der Waals surface area contributed by atoms with E-state index in [9.17, 15) is 4.79 Å². The summed E-state index contributed by atoms with van der Waals surface area (Å²) in [5, 5.41) is 9.94. The second kappa shape index (κ2) is 21.1. The zero-order valence-electron chi connectivity index (χ0n) is 39.7. The minimum atomic E-state index is -0.704. The van der Waals surface area contributed by atoms with Gasteiger partial charge in [-0.2, -0.15) is 0 Å². The van der Waals surface area contributed by atoms with Crippen molar-refractivity contribution in [1.29, 1.82) is 0 Å². The Balaban J connectivity index is 1.14. The number of aromatic nitrogens is 3. The number of hydrogen-bond donors (Lipinski definition) is 0. The Morgan fingerprint density at radius 3 is 2.40 bits per heavy atom. The molecule has 4 unspecified atom stereocenters. The predicted octanol–water partition coefficient (Wildman–Crippen LogP) is 7.63. The fraction of sp³-hybridized carbons (Fsp3) is 0.720. The van der Waals surface area contributed by atoms with Crippen LogP contribution in [0.2, 0.25) is 5.02 Å². The number of esters is 1. The second-order valence-corrected chi connectivity index (χ2v) is 20.1. The second-order valence-electron chi connectivity index (χ2n) is 19.7. The molecule has 4 fully saturated rings. The lowest BCUT2D eigenvalue weighted by Gasteiger charge is -2.40. The van der Waals surface area contributed by atoms with Crippen molar-refractivity contribution in [1.82, 2.24) is 19.9 Å². The molecule has 15 heteroatoms. The van der Waals surface area contributed by atoms with Gasteiger partial charge in [0, 0.05) is 67.3 Å². The maximum Gasteiger partial charge on any atom is 0.306 e. The minimum absolute atomic E-state index is 0.00335. The molecule has 0 spiro atoms. The summed E-state index contributed by atoms with van der Waals surface area (Å²) in [7, 11) is 9.17. The number of cyclic esters (lactones) is 1. The topological polar surface area (TPSA) is 142 Å². The Morgan fingerprint density at radius 2 is 1.69 bits per heavy atom. The highest BCUT2D eigenvalue weighted by Crippen LogP contribution is 2.57. The van der Waals surface area contributed by atoms with Gasteiger partial charge in [-0.25, -0.2) is 4.68 Å². The normalized spacial score (nSPS) is 39.3. The SMILES string of the molecule is CC[C@H]1CCC[C@H](O[C@H]2CC[C@H](N(C)C)C(C)O2)[C@@H](C)C(=O)C2=C[C@@H]3[C@@H](C=C(n4cc(-c5cccc(Cl)c5)nn4)[C@@H]4C[C@@H](O[C@@H]5OCC(C)[C@H](OC)C(OC)C5OC)C[C@@H]34)[C@@H]2CC(=O)O1. The average molecular weight is 924 g/mol. The number of halogens is 1. The third-order valence-electron chi connectivity index (χ3n) is 15.5. The number of methoxy groups -OCH3 is 3. The van der Waals surface area contributed by atoms with E-state index >= 15 is 4.79 Å². The Morgan fingerprint density at radius 1 is 0.908 bits per heavy atom. The van der Waals surface area contributed by atoms with E-state index in [2.05, 4.69) is 57.0 Å². The summed E-state index contributed by atoms with van der Waals surface area (Å²) in [5.41, 5.74) is 3.20. The lowest BCUT2D eigenvalue weighted by atomic mass is 9.69. The number of hydrogen-bond acceptors (Lipinski definition) is 13. The Kier molecular flexibility index (Phi) is 15.7. The van der Waals surface area contributed by atoms with Gasteiger partial charge in [-0.1, -0.05) is 61.9 Å². The molecule has 0 bridgehead atoms. The van der Waals surface area contributed by atoms with Gasteiger partial charge >= 0.3 is 5.97 Å². The number of Topliss-reactive ketones (excluding diaryl/α,β-unsaturated/α-hetero) is 1. The molecule has 14 nitrogen and oxygen atoms in total. The molecule has 2 aromatic rings. The standard InChI is InChI=1S/C50H71ClN4O10/c1-10-32-15-12-16-43(65-45-18-17-41(54(5)6)29(4)62-45)28(3)46(57)39-22-35-34-20-33(64-50-49(60-9)48(59-8)47(58-7)27(2)26-61-50)21-38(34)42(23-36(35)37(39)24-44(56)63-32)55-25-40(52-53-55)30-13-11-14-31(51)19-30/h11,13-14,19,22-23,25,27-29,32-38,41,43,45,47-50H,10,12,15-18,20-21,24,26H2,1-9H3/t27?,28-,29?,32+,33+,34+,35+,36-,37+,38-,41+,43+,45+,47+,48?,49?,50+/m1/s1. The quantitative estimate of drug-likeness (QED) is 0.204. The number of rotatable bonds is 11. The summed E-state index contributed by atoms with van der Waals surface area (Å²) in [6, 6.07) is 7.88. The van der Waals surface area contributed by atoms with Crippen molar-refractivity contribution in [2.45, 2.75) is 147 Å². The van der Waals surface area contributed by atoms with E-state index in [1.54, 1.807) is 21.3 Å². The molecule has 65 heavy (non-hydrogen) atoms. The molecule has 4 heterocycles. The molecule has 0 radical (unpaired) electrons. The Hall–Kier alpha value is -3.05. The Bertz CT molecular complexity index is 2030. The molecular formula is C50H71ClN4O10. The molecule has 6 aliphatic rings. The van der Waals surface area contributed by atoms with E-state index < -0.39 is 36.6 Å². The zero-order valence-corrected chi connectivity index (χ0v) is 40.4. The van der Waals surface area contributed by atoms with Crippen molar-refractivity contribution in [2.75, 3.05) is 42.0 Å². The van der Waals surface area contributed by atoms with Crippen molar-refractivity contribution in [2.24, 2.45) is 41.4 Å². The molecule has 0 N–H and O–H groups in total. The summed E-state index contributed by atoms with van der Waals surface area (Å²) in [4.78, 5) is 31.4. The molecule has 358 valence electrons. The highest BCUT2D eigenvalue weighted by molar-refractivity contribution is 6.30. The maximum atomic E-state index is 15.2. The molecule has 1 aromatic heterocycles. The summed E-state index contributed by atoms with van der Waals surface area (Å²) in [6.07, 6.45) is 9.28. The molecule has 1 saturated carbocycles. The summed E-state index contributed by atoms with van der Waals surface area (Å²) in [6.45, 7) is 8.66. The lowest BCUT2D eigenvalue weighted by molar-refractivity contribution is -0.237. The maximum absolute atomic E-state index is 15.2. The molecule has 17 atom stereocenters. The summed E-state index contributed by atoms with van der Waals surface area (Å²) in [5.74, 6) is -1.27. The number of carbonyl (C=O) groups excluding carboxylic acids is 2. The molecular weight excluding hydrogens is 852 g/mol. The van der Waals surface area contributed by atoms with Gasteiger partial charge in [0.15, 0.2) is 18.4 Å². The Labute approximate surface area is 389 Å². The molecule has 8 rings (SSSR count). The van der Waals surface area contributed by atoms with Crippen LogP contribution in [-0.2, 0) is 47.5 Å². The highest BCUT2D eigenvalue weighted by atomic mass is 35.5. The summed E-state index contributed by atoms with van der Waals surface area (Å²) >= 11 is 6.41. The monoisotopic (exact) mass is 922 g/mol. The van der Waals surface area contributed by atoms with Gasteiger partial charge in [0.1, 0.15) is 24.0 Å². The van der Waals surface area contributed by atoms with Crippen molar-refractivity contribution in [3.05, 3.63) is 53.2 Å². The third-order valence-corrected chi connectivity index (χ3v) is 15.8. The number of fused-ring (bicyclic) bond motifs is 5. The first-order valence-corrected chi connectivity index (χ1v) is 24.4. The van der Waals surface area contributed by atoms with Crippen LogP contribution >= 0.6 is 11.6 Å². The van der Waals surface area contributed by atoms with E-state index in [-0.39, 0.29) is 78.3 Å². The third kappa shape index (κ3) is 10.2. The fourth-order valence-electron chi connectivity index (χ4n) is 12.1. The van der Waals surface area contributed by atoms with Gasteiger partial charge in [-0.3, -0.25) is 9.59 Å². The number of ether oxygens (including phenoxy) is 8. The number of nitrogens with zero attached hydrogens (tertiary/aromatic N) is 4. The van der Waals surface area contributed by atoms with E-state index in [0.717, 1.165) is 30.5 Å². The van der Waals surface area contributed by atoms with Crippen LogP contribution in [0.3, 0.4) is 0 Å². The zero-order chi connectivity index (χ0) is 46.1. The molecule has 3 aliphatic heterocycles. The van der Waals surface area contributed by atoms with Gasteiger partial charge in [-0.15, -0.1) is 5.10 Å². The van der Waals surface area contributed by atoms with Crippen LogP contribution in [0, 0.1) is 41.4 Å². The first-order chi connectivity index (χ1) is 31.3. The molecule has 0 amide bonds. The highest BCUT2D eigenvalue weighted by Gasteiger charge is 2.54. The van der Waals surface area contributed by atoms with Crippen LogP contribution in [0.15, 0.2) is 48.2 Å². The minimum Gasteiger partial charge on any atom is -0.462 e. The van der Waals surface area contributed by atoms with Crippen molar-refractivity contribution in [3.63, 3.8) is 0 Å². The van der Waals surface area contributed by atoms with Crippen LogP contribution in [0.5, 0.6) is 0 Å². The van der Waals surface area contributed by atoms with Crippen LogP contribution < -0.4 is 0 Å². The number of likely N-dealkylation sites (N-methyl/N-ethyl adjacent to an activating group) is 1.